The van der Waals surface area contributed by atoms with Crippen LogP contribution in [0.1, 0.15) is 57.1 Å². The Kier molecular flexibility index (Phi) is 5.30. The van der Waals surface area contributed by atoms with Crippen molar-refractivity contribution in [3.8, 4) is 0 Å². The summed E-state index contributed by atoms with van der Waals surface area (Å²) in [6, 6.07) is 3.65. The smallest absolute Gasteiger partial charge is 0.177 e. The van der Waals surface area contributed by atoms with Crippen LogP contribution in [0.5, 0.6) is 0 Å². The van der Waals surface area contributed by atoms with Crippen molar-refractivity contribution in [3.63, 3.8) is 0 Å². The predicted molar refractivity (Wildman–Crippen MR) is 107 cm³/mol. The van der Waals surface area contributed by atoms with Crippen molar-refractivity contribution in [2.45, 2.75) is 40.0 Å². The average Bonchev–Trinajstić information content (AvgIpc) is 3.25. The van der Waals surface area contributed by atoms with Crippen molar-refractivity contribution in [1.29, 1.82) is 5.41 Å². The summed E-state index contributed by atoms with van der Waals surface area (Å²) in [4.78, 5) is 0. The lowest BCUT2D eigenvalue weighted by Gasteiger charge is -2.08. The second-order valence-corrected chi connectivity index (χ2v) is 6.99. The lowest BCUT2D eigenvalue weighted by atomic mass is 10.0. The zero-order chi connectivity index (χ0) is 19.6. The van der Waals surface area contributed by atoms with Crippen molar-refractivity contribution < 1.29 is 0 Å². The van der Waals surface area contributed by atoms with E-state index in [0.29, 0.717) is 17.1 Å². The van der Waals surface area contributed by atoms with Gasteiger partial charge in [0.15, 0.2) is 11.5 Å². The van der Waals surface area contributed by atoms with E-state index in [-0.39, 0.29) is 5.92 Å². The third-order valence-electron chi connectivity index (χ3n) is 4.51. The van der Waals surface area contributed by atoms with E-state index in [4.69, 9.17) is 5.41 Å². The largest absolute Gasteiger partial charge is 0.303 e. The first-order valence-electron chi connectivity index (χ1n) is 8.97. The molecule has 1 atom stereocenters. The normalized spacial score (nSPS) is 14.0. The van der Waals surface area contributed by atoms with Gasteiger partial charge in [-0.05, 0) is 44.9 Å². The van der Waals surface area contributed by atoms with Gasteiger partial charge in [-0.3, -0.25) is 4.68 Å². The summed E-state index contributed by atoms with van der Waals surface area (Å²) in [5, 5.41) is 25.0. The maximum atomic E-state index is 7.78. The third kappa shape index (κ3) is 4.19. The van der Waals surface area contributed by atoms with Gasteiger partial charge in [0.1, 0.15) is 5.69 Å². The Hall–Kier alpha value is -3.09. The van der Waals surface area contributed by atoms with Crippen LogP contribution in [-0.2, 0) is 7.05 Å². The maximum absolute atomic E-state index is 7.78. The van der Waals surface area contributed by atoms with Gasteiger partial charge in [0.25, 0.3) is 0 Å². The van der Waals surface area contributed by atoms with E-state index in [1.54, 1.807) is 17.5 Å². The zero-order valence-electron chi connectivity index (χ0n) is 16.4. The SMILES string of the molecule is CC(=N)c1ccc2nnc(C(C)CC=C(C)C=C(C)c3cnn(C)c3)n2n1. The van der Waals surface area contributed by atoms with Crippen LogP contribution < -0.4 is 0 Å². The van der Waals surface area contributed by atoms with Gasteiger partial charge in [0.2, 0.25) is 0 Å². The Morgan fingerprint density at radius 2 is 2.00 bits per heavy atom. The summed E-state index contributed by atoms with van der Waals surface area (Å²) >= 11 is 0. The van der Waals surface area contributed by atoms with E-state index in [1.807, 2.05) is 30.2 Å². The highest BCUT2D eigenvalue weighted by Gasteiger charge is 2.14. The minimum absolute atomic E-state index is 0.163. The van der Waals surface area contributed by atoms with Crippen molar-refractivity contribution in [3.05, 3.63) is 59.3 Å². The Morgan fingerprint density at radius 1 is 1.22 bits per heavy atom. The maximum Gasteiger partial charge on any atom is 0.177 e. The van der Waals surface area contributed by atoms with Crippen LogP contribution in [0.25, 0.3) is 11.2 Å². The van der Waals surface area contributed by atoms with E-state index < -0.39 is 0 Å². The monoisotopic (exact) mass is 363 g/mol. The molecular formula is C20H25N7. The molecule has 0 spiro atoms. The Bertz CT molecular complexity index is 1040. The molecule has 0 saturated carbocycles. The lowest BCUT2D eigenvalue weighted by molar-refractivity contribution is 0.673. The molecule has 3 aromatic heterocycles. The molecule has 0 saturated heterocycles. The van der Waals surface area contributed by atoms with Gasteiger partial charge in [0, 0.05) is 24.7 Å². The molecule has 3 rings (SSSR count). The van der Waals surface area contributed by atoms with Crippen LogP contribution in [0.3, 0.4) is 0 Å². The van der Waals surface area contributed by atoms with Crippen LogP contribution in [0, 0.1) is 5.41 Å². The fourth-order valence-corrected chi connectivity index (χ4v) is 2.89. The quantitative estimate of drug-likeness (QED) is 0.533. The van der Waals surface area contributed by atoms with Crippen molar-refractivity contribution in [2.75, 3.05) is 0 Å². The van der Waals surface area contributed by atoms with Crippen LogP contribution in [0.2, 0.25) is 0 Å². The number of nitrogens with one attached hydrogen (secondary N) is 1. The van der Waals surface area contributed by atoms with Gasteiger partial charge in [-0.2, -0.15) is 14.7 Å². The number of aromatic nitrogens is 6. The molecule has 1 unspecified atom stereocenters. The van der Waals surface area contributed by atoms with Crippen LogP contribution in [0.15, 0.2) is 42.3 Å². The zero-order valence-corrected chi connectivity index (χ0v) is 16.4. The number of hydrogen-bond donors (Lipinski definition) is 1. The van der Waals surface area contributed by atoms with E-state index >= 15 is 0 Å². The van der Waals surface area contributed by atoms with Gasteiger partial charge in [-0.25, -0.2) is 0 Å². The fourth-order valence-electron chi connectivity index (χ4n) is 2.89. The molecular weight excluding hydrogens is 338 g/mol. The second-order valence-electron chi connectivity index (χ2n) is 6.99. The number of fused-ring (bicyclic) bond motifs is 1. The van der Waals surface area contributed by atoms with Crippen molar-refractivity contribution >= 4 is 16.9 Å². The number of rotatable bonds is 6. The molecule has 3 aromatic rings. The van der Waals surface area contributed by atoms with E-state index in [9.17, 15) is 0 Å². The van der Waals surface area contributed by atoms with Gasteiger partial charge in [-0.15, -0.1) is 10.2 Å². The molecule has 27 heavy (non-hydrogen) atoms. The van der Waals surface area contributed by atoms with Crippen LogP contribution >= 0.6 is 0 Å². The first kappa shape index (κ1) is 18.7. The molecule has 0 bridgehead atoms. The lowest BCUT2D eigenvalue weighted by Crippen LogP contribution is -2.07. The van der Waals surface area contributed by atoms with Crippen molar-refractivity contribution in [1.82, 2.24) is 29.6 Å². The minimum Gasteiger partial charge on any atom is -0.303 e. The third-order valence-corrected chi connectivity index (χ3v) is 4.51. The van der Waals surface area contributed by atoms with Gasteiger partial charge in [0.05, 0.1) is 11.9 Å². The molecule has 0 aliphatic carbocycles. The molecule has 7 heteroatoms. The Labute approximate surface area is 158 Å². The molecule has 0 aliphatic heterocycles. The summed E-state index contributed by atoms with van der Waals surface area (Å²) < 4.78 is 3.55. The molecule has 1 N–H and O–H groups in total. The first-order valence-corrected chi connectivity index (χ1v) is 8.97. The second kappa shape index (κ2) is 7.65. The van der Waals surface area contributed by atoms with Crippen LogP contribution in [-0.4, -0.2) is 35.3 Å². The molecule has 0 aromatic carbocycles. The Balaban J connectivity index is 1.77. The number of allylic oxidation sites excluding steroid dienone is 4. The minimum atomic E-state index is 0.163. The highest BCUT2D eigenvalue weighted by molar-refractivity contribution is 5.94. The highest BCUT2D eigenvalue weighted by Crippen LogP contribution is 2.21. The van der Waals surface area contributed by atoms with Gasteiger partial charge < -0.3 is 5.41 Å². The summed E-state index contributed by atoms with van der Waals surface area (Å²) in [7, 11) is 1.92. The van der Waals surface area contributed by atoms with E-state index in [2.05, 4.69) is 53.3 Å². The summed E-state index contributed by atoms with van der Waals surface area (Å²) in [6.45, 7) is 8.03. The molecule has 0 fully saturated rings. The van der Waals surface area contributed by atoms with Crippen LogP contribution in [0.4, 0.5) is 0 Å². The molecule has 0 aliphatic rings. The van der Waals surface area contributed by atoms with Gasteiger partial charge in [-0.1, -0.05) is 24.6 Å². The Morgan fingerprint density at radius 3 is 2.67 bits per heavy atom. The summed E-state index contributed by atoms with van der Waals surface area (Å²) in [5.74, 6) is 0.973. The predicted octanol–water partition coefficient (Wildman–Crippen LogP) is 3.79. The standard InChI is InChI=1S/C20H25N7/c1-13(10-15(3)17-11-22-26(5)12-17)6-7-14(2)20-24-23-19-9-8-18(16(4)21)25-27(19)20/h6,8-12,14,21H,7H2,1-5H3. The fraction of sp³-hybridized carbons (Fsp3) is 0.350. The highest BCUT2D eigenvalue weighted by atomic mass is 15.4. The molecule has 7 nitrogen and oxygen atoms in total. The van der Waals surface area contributed by atoms with E-state index in [1.165, 1.54) is 11.1 Å². The topological polar surface area (TPSA) is 84.8 Å². The average molecular weight is 363 g/mol. The number of aryl methyl sites for hydroxylation is 1. The molecule has 0 radical (unpaired) electrons. The first-order chi connectivity index (χ1) is 12.8. The number of nitrogens with zero attached hydrogens (tertiary/aromatic N) is 6. The molecule has 3 heterocycles. The summed E-state index contributed by atoms with van der Waals surface area (Å²) in [5.41, 5.74) is 5.27. The summed E-state index contributed by atoms with van der Waals surface area (Å²) in [6.07, 6.45) is 9.09. The number of hydrogen-bond acceptors (Lipinski definition) is 5. The molecule has 140 valence electrons. The van der Waals surface area contributed by atoms with Crippen molar-refractivity contribution in [2.24, 2.45) is 7.05 Å². The van der Waals surface area contributed by atoms with E-state index in [0.717, 1.165) is 17.8 Å². The molecule has 0 amide bonds. The van der Waals surface area contributed by atoms with Gasteiger partial charge >= 0.3 is 0 Å².